The van der Waals surface area contributed by atoms with Crippen LogP contribution in [0.5, 0.6) is 0 Å². The molecular weight excluding hydrogens is 302 g/mol. The molecule has 6 nitrogen and oxygen atoms in total. The van der Waals surface area contributed by atoms with E-state index in [9.17, 15) is 8.42 Å². The third-order valence-electron chi connectivity index (χ3n) is 2.73. The number of aryl methyl sites for hydroxylation is 1. The van der Waals surface area contributed by atoms with E-state index in [0.29, 0.717) is 11.3 Å². The first-order valence-electron chi connectivity index (χ1n) is 5.50. The molecule has 0 aliphatic heterocycles. The Morgan fingerprint density at radius 3 is 2.60 bits per heavy atom. The number of sulfonamides is 1. The van der Waals surface area contributed by atoms with E-state index < -0.39 is 10.0 Å². The topological polar surface area (TPSA) is 96.0 Å². The Morgan fingerprint density at radius 1 is 1.40 bits per heavy atom. The van der Waals surface area contributed by atoms with Gasteiger partial charge in [-0.1, -0.05) is 16.8 Å². The molecule has 2 aromatic rings. The molecule has 0 spiro atoms. The first kappa shape index (κ1) is 14.4. The van der Waals surface area contributed by atoms with E-state index in [0.717, 1.165) is 0 Å². The van der Waals surface area contributed by atoms with Crippen LogP contribution in [0.1, 0.15) is 16.8 Å². The molecule has 1 aromatic heterocycles. The molecule has 0 bridgehead atoms. The lowest BCUT2D eigenvalue weighted by Gasteiger charge is -2.07. The van der Waals surface area contributed by atoms with Crippen LogP contribution in [0.4, 0.5) is 5.88 Å². The van der Waals surface area contributed by atoms with Gasteiger partial charge < -0.3 is 4.52 Å². The van der Waals surface area contributed by atoms with Crippen molar-refractivity contribution in [2.45, 2.75) is 18.7 Å². The van der Waals surface area contributed by atoms with Crippen molar-refractivity contribution in [2.75, 3.05) is 4.72 Å². The fraction of sp³-hybridized carbons (Fsp3) is 0.167. The molecule has 0 unspecified atom stereocenters. The van der Waals surface area contributed by atoms with Crippen molar-refractivity contribution in [1.82, 2.24) is 5.16 Å². The lowest BCUT2D eigenvalue weighted by atomic mass is 10.2. The molecule has 20 heavy (non-hydrogen) atoms. The highest BCUT2D eigenvalue weighted by Gasteiger charge is 2.21. The standard InChI is InChI=1S/C12H10ClN3O3S/c1-7-8(2)15-19-12(7)16-20(17,18)11-4-3-9(6-14)5-10(11)13/h3-5,16H,1-2H3. The minimum absolute atomic E-state index is 0.0366. The third-order valence-corrected chi connectivity index (χ3v) is 4.55. The molecule has 0 atom stereocenters. The lowest BCUT2D eigenvalue weighted by Crippen LogP contribution is -2.13. The molecule has 0 amide bonds. The Hall–Kier alpha value is -2.04. The maximum Gasteiger partial charge on any atom is 0.265 e. The van der Waals surface area contributed by atoms with Gasteiger partial charge >= 0.3 is 0 Å². The summed E-state index contributed by atoms with van der Waals surface area (Å²) in [6.45, 7) is 3.38. The van der Waals surface area contributed by atoms with Crippen molar-refractivity contribution in [3.05, 3.63) is 40.0 Å². The molecule has 8 heteroatoms. The van der Waals surface area contributed by atoms with Gasteiger partial charge in [-0.25, -0.2) is 13.1 Å². The van der Waals surface area contributed by atoms with Gasteiger partial charge in [0, 0.05) is 5.56 Å². The highest BCUT2D eigenvalue weighted by molar-refractivity contribution is 7.92. The number of rotatable bonds is 3. The summed E-state index contributed by atoms with van der Waals surface area (Å²) in [6, 6.07) is 5.81. The maximum atomic E-state index is 12.2. The summed E-state index contributed by atoms with van der Waals surface area (Å²) in [5.74, 6) is 0.0444. The average Bonchev–Trinajstić information content (AvgIpc) is 2.69. The summed E-state index contributed by atoms with van der Waals surface area (Å²) < 4.78 is 31.6. The first-order valence-corrected chi connectivity index (χ1v) is 7.36. The third kappa shape index (κ3) is 2.61. The zero-order valence-electron chi connectivity index (χ0n) is 10.6. The Balaban J connectivity index is 2.41. The number of nitriles is 1. The average molecular weight is 312 g/mol. The monoisotopic (exact) mass is 311 g/mol. The molecule has 1 heterocycles. The molecule has 0 saturated carbocycles. The summed E-state index contributed by atoms with van der Waals surface area (Å²) in [6.07, 6.45) is 0. The molecule has 1 N–H and O–H groups in total. The number of aromatic nitrogens is 1. The van der Waals surface area contributed by atoms with Crippen LogP contribution in [0.25, 0.3) is 0 Å². The number of hydrogen-bond acceptors (Lipinski definition) is 5. The van der Waals surface area contributed by atoms with E-state index in [1.807, 2.05) is 6.07 Å². The summed E-state index contributed by atoms with van der Waals surface area (Å²) in [4.78, 5) is -0.133. The van der Waals surface area contributed by atoms with Gasteiger partial charge in [-0.3, -0.25) is 0 Å². The normalized spacial score (nSPS) is 11.1. The minimum atomic E-state index is -3.90. The lowest BCUT2D eigenvalue weighted by molar-refractivity contribution is 0.430. The molecule has 104 valence electrons. The van der Waals surface area contributed by atoms with E-state index in [4.69, 9.17) is 21.4 Å². The molecule has 0 aliphatic carbocycles. The Bertz CT molecular complexity index is 806. The highest BCUT2D eigenvalue weighted by atomic mass is 35.5. The molecule has 0 saturated heterocycles. The number of halogens is 1. The molecular formula is C12H10ClN3O3S. The Morgan fingerprint density at radius 2 is 2.10 bits per heavy atom. The maximum absolute atomic E-state index is 12.2. The van der Waals surface area contributed by atoms with Crippen molar-refractivity contribution < 1.29 is 12.9 Å². The van der Waals surface area contributed by atoms with Gasteiger partial charge in [0.2, 0.25) is 5.88 Å². The predicted molar refractivity (Wildman–Crippen MR) is 73.0 cm³/mol. The van der Waals surface area contributed by atoms with Crippen molar-refractivity contribution in [2.24, 2.45) is 0 Å². The van der Waals surface area contributed by atoms with E-state index in [1.54, 1.807) is 13.8 Å². The van der Waals surface area contributed by atoms with Crippen LogP contribution in [-0.4, -0.2) is 13.6 Å². The van der Waals surface area contributed by atoms with Crippen LogP contribution in [0.15, 0.2) is 27.6 Å². The quantitative estimate of drug-likeness (QED) is 0.940. The van der Waals surface area contributed by atoms with E-state index >= 15 is 0 Å². The molecule has 2 rings (SSSR count). The smallest absolute Gasteiger partial charge is 0.265 e. The van der Waals surface area contributed by atoms with Crippen LogP contribution in [0, 0.1) is 25.2 Å². The SMILES string of the molecule is Cc1noc(NS(=O)(=O)c2ccc(C#N)cc2Cl)c1C. The van der Waals surface area contributed by atoms with Crippen molar-refractivity contribution >= 4 is 27.5 Å². The molecule has 1 aromatic carbocycles. The summed E-state index contributed by atoms with van der Waals surface area (Å²) >= 11 is 5.89. The van der Waals surface area contributed by atoms with Crippen LogP contribution in [0.3, 0.4) is 0 Å². The second kappa shape index (κ2) is 5.15. The zero-order valence-corrected chi connectivity index (χ0v) is 12.2. The molecule has 0 fully saturated rings. The summed E-state index contributed by atoms with van der Waals surface area (Å²) in [5.41, 5.74) is 1.47. The Kier molecular flexibility index (Phi) is 3.70. The van der Waals surface area contributed by atoms with Crippen LogP contribution in [0.2, 0.25) is 5.02 Å². The van der Waals surface area contributed by atoms with Crippen LogP contribution in [-0.2, 0) is 10.0 Å². The predicted octanol–water partition coefficient (Wildman–Crippen LogP) is 2.62. The van der Waals surface area contributed by atoms with E-state index in [1.165, 1.54) is 18.2 Å². The fourth-order valence-corrected chi connectivity index (χ4v) is 3.07. The van der Waals surface area contributed by atoms with Gasteiger partial charge in [-0.15, -0.1) is 0 Å². The first-order chi connectivity index (χ1) is 9.35. The largest absolute Gasteiger partial charge is 0.337 e. The second-order valence-corrected chi connectivity index (χ2v) is 6.14. The summed E-state index contributed by atoms with van der Waals surface area (Å²) in [7, 11) is -3.90. The number of anilines is 1. The zero-order chi connectivity index (χ0) is 14.9. The van der Waals surface area contributed by atoms with Gasteiger partial charge in [0.25, 0.3) is 10.0 Å². The molecule has 0 radical (unpaired) electrons. The second-order valence-electron chi connectivity index (χ2n) is 4.08. The number of nitrogens with one attached hydrogen (secondary N) is 1. The minimum Gasteiger partial charge on any atom is -0.337 e. The van der Waals surface area contributed by atoms with Crippen LogP contribution < -0.4 is 4.72 Å². The van der Waals surface area contributed by atoms with E-state index in [2.05, 4.69) is 9.88 Å². The summed E-state index contributed by atoms with van der Waals surface area (Å²) in [5, 5.41) is 12.4. The Labute approximate surface area is 121 Å². The van der Waals surface area contributed by atoms with Gasteiger partial charge in [-0.2, -0.15) is 5.26 Å². The van der Waals surface area contributed by atoms with Crippen molar-refractivity contribution in [3.63, 3.8) is 0 Å². The fourth-order valence-electron chi connectivity index (χ4n) is 1.48. The van der Waals surface area contributed by atoms with Gasteiger partial charge in [0.1, 0.15) is 4.90 Å². The van der Waals surface area contributed by atoms with Crippen LogP contribution >= 0.6 is 11.6 Å². The number of benzene rings is 1. The van der Waals surface area contributed by atoms with Gasteiger partial charge in [0.05, 0.1) is 22.3 Å². The van der Waals surface area contributed by atoms with E-state index in [-0.39, 0.29) is 21.4 Å². The highest BCUT2D eigenvalue weighted by Crippen LogP contribution is 2.26. The number of hydrogen-bond donors (Lipinski definition) is 1. The van der Waals surface area contributed by atoms with Gasteiger partial charge in [-0.05, 0) is 32.0 Å². The molecule has 0 aliphatic rings. The number of nitrogens with zero attached hydrogens (tertiary/aromatic N) is 2. The van der Waals surface area contributed by atoms with Gasteiger partial charge in [0.15, 0.2) is 0 Å². The van der Waals surface area contributed by atoms with Crippen molar-refractivity contribution in [1.29, 1.82) is 5.26 Å². The van der Waals surface area contributed by atoms with Crippen molar-refractivity contribution in [3.8, 4) is 6.07 Å².